The summed E-state index contributed by atoms with van der Waals surface area (Å²) in [4.78, 5) is 47.4. The number of anilines is 1. The molecule has 4 aliphatic rings. The third-order valence-corrected chi connectivity index (χ3v) is 8.05. The molecule has 1 spiro atoms. The number of hydrogen-bond acceptors (Lipinski definition) is 5. The lowest BCUT2D eigenvalue weighted by molar-refractivity contribution is -0.153. The van der Waals surface area contributed by atoms with Gasteiger partial charge in [-0.3, -0.25) is 14.4 Å². The zero-order valence-electron chi connectivity index (χ0n) is 21.3. The number of amides is 3. The van der Waals surface area contributed by atoms with E-state index in [9.17, 15) is 19.5 Å². The molecule has 8 heteroatoms. The topological polar surface area (TPSA) is 90.4 Å². The van der Waals surface area contributed by atoms with Crippen LogP contribution in [0.25, 0.3) is 0 Å². The van der Waals surface area contributed by atoms with Crippen molar-refractivity contribution in [2.24, 2.45) is 11.8 Å². The number of para-hydroxylation sites is 1. The zero-order chi connectivity index (χ0) is 25.8. The second-order valence-corrected chi connectivity index (χ2v) is 11.1. The molecule has 0 aliphatic carbocycles. The van der Waals surface area contributed by atoms with Crippen molar-refractivity contribution in [3.05, 3.63) is 54.6 Å². The second kappa shape index (κ2) is 8.85. The van der Waals surface area contributed by atoms with E-state index in [1.165, 1.54) is 4.90 Å². The van der Waals surface area contributed by atoms with E-state index in [1.807, 2.05) is 82.3 Å². The molecule has 6 atom stereocenters. The molecular formula is C28H35N3O5. The highest BCUT2D eigenvalue weighted by Gasteiger charge is 2.72. The SMILES string of the molecule is CC[C@@H](CO)N1C(=O)[C@@H]2[C@@H]3C(=O)N(c4ccccc4)CC=C[C@@H]3O[C@@]23C=CCN(C(C)(C)C)C(=O)C13. The van der Waals surface area contributed by atoms with Crippen LogP contribution in [0.2, 0.25) is 0 Å². The average molecular weight is 494 g/mol. The molecule has 2 saturated heterocycles. The minimum absolute atomic E-state index is 0.193. The van der Waals surface area contributed by atoms with Crippen LogP contribution in [0.5, 0.6) is 0 Å². The number of hydrogen-bond donors (Lipinski definition) is 1. The Morgan fingerprint density at radius 2 is 1.78 bits per heavy atom. The second-order valence-electron chi connectivity index (χ2n) is 11.1. The summed E-state index contributed by atoms with van der Waals surface area (Å²) in [6.07, 6.45) is 7.35. The maximum Gasteiger partial charge on any atom is 0.249 e. The van der Waals surface area contributed by atoms with E-state index in [0.717, 1.165) is 5.69 Å². The highest BCUT2D eigenvalue weighted by molar-refractivity contribution is 6.04. The van der Waals surface area contributed by atoms with E-state index in [0.29, 0.717) is 19.5 Å². The standard InChI is InChI=1S/C28H35N3O5/c1-5-18(17-32)31-23-26(35)30(27(2,3)4)16-10-14-28(23)22(25(31)34)21-20(36-28)13-9-15-29(24(21)33)19-11-7-6-8-12-19/h6-14,18,20-23,32H,5,15-17H2,1-4H3/t18-,20-,21+,22-,23?,28-/m0/s1. The van der Waals surface area contributed by atoms with Crippen LogP contribution in [-0.2, 0) is 19.1 Å². The summed E-state index contributed by atoms with van der Waals surface area (Å²) in [6.45, 7) is 8.25. The summed E-state index contributed by atoms with van der Waals surface area (Å²) >= 11 is 0. The summed E-state index contributed by atoms with van der Waals surface area (Å²) in [5, 5.41) is 10.2. The Labute approximate surface area is 212 Å². The van der Waals surface area contributed by atoms with Crippen LogP contribution >= 0.6 is 0 Å². The molecule has 36 heavy (non-hydrogen) atoms. The Morgan fingerprint density at radius 1 is 1.06 bits per heavy atom. The molecule has 0 aromatic heterocycles. The Balaban J connectivity index is 1.64. The van der Waals surface area contributed by atoms with E-state index in [2.05, 4.69) is 0 Å². The van der Waals surface area contributed by atoms with Gasteiger partial charge in [-0.2, -0.15) is 0 Å². The summed E-state index contributed by atoms with van der Waals surface area (Å²) in [7, 11) is 0. The molecular weight excluding hydrogens is 458 g/mol. The van der Waals surface area contributed by atoms with Crippen molar-refractivity contribution < 1.29 is 24.2 Å². The number of benzene rings is 1. The fourth-order valence-corrected chi connectivity index (χ4v) is 6.33. The van der Waals surface area contributed by atoms with E-state index >= 15 is 0 Å². The molecule has 0 radical (unpaired) electrons. The fraction of sp³-hybridized carbons (Fsp3) is 0.536. The molecule has 1 aromatic rings. The fourth-order valence-electron chi connectivity index (χ4n) is 6.33. The molecule has 1 aromatic carbocycles. The van der Waals surface area contributed by atoms with Crippen LogP contribution in [0.15, 0.2) is 54.6 Å². The number of carbonyl (C=O) groups excluding carboxylic acids is 3. The maximum absolute atomic E-state index is 14.2. The molecule has 0 saturated carbocycles. The molecule has 1 unspecified atom stereocenters. The normalized spacial score (nSPS) is 32.8. The quantitative estimate of drug-likeness (QED) is 0.649. The highest BCUT2D eigenvalue weighted by atomic mass is 16.5. The Hall–Kier alpha value is -2.97. The molecule has 5 rings (SSSR count). The average Bonchev–Trinajstić information content (AvgIpc) is 3.15. The van der Waals surface area contributed by atoms with Crippen LogP contribution < -0.4 is 4.90 Å². The van der Waals surface area contributed by atoms with Gasteiger partial charge in [-0.05, 0) is 39.3 Å². The van der Waals surface area contributed by atoms with Gasteiger partial charge in [-0.25, -0.2) is 0 Å². The van der Waals surface area contributed by atoms with E-state index in [-0.39, 0.29) is 24.3 Å². The van der Waals surface area contributed by atoms with Gasteiger partial charge in [0.25, 0.3) is 0 Å². The van der Waals surface area contributed by atoms with Crippen molar-refractivity contribution >= 4 is 23.4 Å². The number of likely N-dealkylation sites (tertiary alicyclic amines) is 1. The number of ether oxygens (including phenoxy) is 1. The van der Waals surface area contributed by atoms with Gasteiger partial charge < -0.3 is 24.5 Å². The first-order valence-corrected chi connectivity index (χ1v) is 12.8. The van der Waals surface area contributed by atoms with Crippen molar-refractivity contribution in [2.75, 3.05) is 24.6 Å². The predicted molar refractivity (Wildman–Crippen MR) is 135 cm³/mol. The molecule has 192 valence electrons. The van der Waals surface area contributed by atoms with Crippen LogP contribution in [-0.4, -0.2) is 81.7 Å². The van der Waals surface area contributed by atoms with Crippen molar-refractivity contribution in [1.82, 2.24) is 9.80 Å². The number of rotatable bonds is 4. The smallest absolute Gasteiger partial charge is 0.249 e. The Kier molecular flexibility index (Phi) is 6.08. The van der Waals surface area contributed by atoms with Crippen LogP contribution in [0, 0.1) is 11.8 Å². The van der Waals surface area contributed by atoms with E-state index in [1.54, 1.807) is 9.80 Å². The maximum atomic E-state index is 14.2. The van der Waals surface area contributed by atoms with Gasteiger partial charge in [-0.1, -0.05) is 49.4 Å². The van der Waals surface area contributed by atoms with Gasteiger partial charge in [0, 0.05) is 24.3 Å². The van der Waals surface area contributed by atoms with Gasteiger partial charge in [-0.15, -0.1) is 0 Å². The number of nitrogens with zero attached hydrogens (tertiary/aromatic N) is 3. The molecule has 4 aliphatic heterocycles. The summed E-state index contributed by atoms with van der Waals surface area (Å²) in [5.74, 6) is -2.36. The van der Waals surface area contributed by atoms with Crippen molar-refractivity contribution in [2.45, 2.75) is 63.4 Å². The van der Waals surface area contributed by atoms with Crippen LogP contribution in [0.3, 0.4) is 0 Å². The number of fused-ring (bicyclic) bond motifs is 2. The summed E-state index contributed by atoms with van der Waals surface area (Å²) in [6, 6.07) is 7.89. The molecule has 0 bridgehead atoms. The van der Waals surface area contributed by atoms with Gasteiger partial charge >= 0.3 is 0 Å². The largest absolute Gasteiger partial charge is 0.394 e. The lowest BCUT2D eigenvalue weighted by atomic mass is 9.77. The monoisotopic (exact) mass is 493 g/mol. The third kappa shape index (κ3) is 3.53. The molecule has 2 fully saturated rings. The lowest BCUT2D eigenvalue weighted by Crippen LogP contribution is -2.60. The van der Waals surface area contributed by atoms with Crippen molar-refractivity contribution in [3.8, 4) is 0 Å². The molecule has 8 nitrogen and oxygen atoms in total. The van der Waals surface area contributed by atoms with Crippen molar-refractivity contribution in [3.63, 3.8) is 0 Å². The van der Waals surface area contributed by atoms with Gasteiger partial charge in [0.05, 0.1) is 30.6 Å². The van der Waals surface area contributed by atoms with E-state index < -0.39 is 41.2 Å². The predicted octanol–water partition coefficient (Wildman–Crippen LogP) is 2.14. The van der Waals surface area contributed by atoms with Gasteiger partial charge in [0.2, 0.25) is 17.7 Å². The van der Waals surface area contributed by atoms with Gasteiger partial charge in [0.15, 0.2) is 0 Å². The zero-order valence-corrected chi connectivity index (χ0v) is 21.3. The molecule has 1 N–H and O–H groups in total. The number of aliphatic hydroxyl groups is 1. The first kappa shape index (κ1) is 24.7. The van der Waals surface area contributed by atoms with Gasteiger partial charge in [0.1, 0.15) is 11.6 Å². The third-order valence-electron chi connectivity index (χ3n) is 8.05. The first-order valence-electron chi connectivity index (χ1n) is 12.8. The summed E-state index contributed by atoms with van der Waals surface area (Å²) in [5.41, 5.74) is -1.02. The first-order chi connectivity index (χ1) is 17.2. The van der Waals surface area contributed by atoms with Crippen LogP contribution in [0.1, 0.15) is 34.1 Å². The van der Waals surface area contributed by atoms with Crippen molar-refractivity contribution in [1.29, 1.82) is 0 Å². The molecule has 4 heterocycles. The number of carbonyl (C=O) groups is 3. The minimum atomic E-state index is -1.29. The lowest BCUT2D eigenvalue weighted by Gasteiger charge is -2.42. The minimum Gasteiger partial charge on any atom is -0.394 e. The Morgan fingerprint density at radius 3 is 2.42 bits per heavy atom. The Bertz CT molecular complexity index is 1110. The number of aliphatic hydroxyl groups excluding tert-OH is 1. The van der Waals surface area contributed by atoms with E-state index in [4.69, 9.17) is 4.74 Å². The van der Waals surface area contributed by atoms with Crippen LogP contribution in [0.4, 0.5) is 5.69 Å². The highest BCUT2D eigenvalue weighted by Crippen LogP contribution is 2.54. The summed E-state index contributed by atoms with van der Waals surface area (Å²) < 4.78 is 6.65. The molecule has 3 amide bonds.